The van der Waals surface area contributed by atoms with Gasteiger partial charge in [-0.3, -0.25) is 4.79 Å². The number of aromatic nitrogens is 1. The fourth-order valence-corrected chi connectivity index (χ4v) is 3.40. The third kappa shape index (κ3) is 3.83. The minimum atomic E-state index is -4.01. The van der Waals surface area contributed by atoms with Crippen LogP contribution < -0.4 is 10.0 Å². The van der Waals surface area contributed by atoms with Gasteiger partial charge in [-0.25, -0.2) is 22.9 Å². The van der Waals surface area contributed by atoms with Crippen molar-refractivity contribution in [2.45, 2.75) is 11.8 Å². The Kier molecular flexibility index (Phi) is 4.92. The predicted molar refractivity (Wildman–Crippen MR) is 94.9 cm³/mol. The summed E-state index contributed by atoms with van der Waals surface area (Å²) in [5.41, 5.74) is 0.613. The highest BCUT2D eigenvalue weighted by atomic mass is 32.2. The monoisotopic (exact) mass is 378 g/mol. The van der Waals surface area contributed by atoms with Crippen molar-refractivity contribution in [1.82, 2.24) is 9.88 Å². The molecule has 138 valence electrons. The fourth-order valence-electron chi connectivity index (χ4n) is 2.86. The second-order valence-electron chi connectivity index (χ2n) is 6.10. The van der Waals surface area contributed by atoms with E-state index in [9.17, 15) is 17.6 Å². The number of anilines is 1. The second kappa shape index (κ2) is 7.00. The largest absolute Gasteiger partial charge is 0.353 e. The molecule has 0 bridgehead atoms. The van der Waals surface area contributed by atoms with E-state index in [2.05, 4.69) is 4.98 Å². The van der Waals surface area contributed by atoms with Crippen molar-refractivity contribution in [3.8, 4) is 0 Å². The van der Waals surface area contributed by atoms with Gasteiger partial charge >= 0.3 is 0 Å². The summed E-state index contributed by atoms with van der Waals surface area (Å²) in [6, 6.07) is 8.71. The van der Waals surface area contributed by atoms with Crippen molar-refractivity contribution in [1.29, 1.82) is 0 Å². The molecule has 2 N–H and O–H groups in total. The van der Waals surface area contributed by atoms with E-state index in [1.54, 1.807) is 0 Å². The number of sulfonamides is 1. The zero-order chi connectivity index (χ0) is 18.9. The van der Waals surface area contributed by atoms with Crippen LogP contribution in [-0.2, 0) is 10.0 Å². The maximum absolute atomic E-state index is 14.0. The Morgan fingerprint density at radius 2 is 1.85 bits per heavy atom. The van der Waals surface area contributed by atoms with Crippen LogP contribution in [0, 0.1) is 12.7 Å². The quantitative estimate of drug-likeness (QED) is 0.864. The van der Waals surface area contributed by atoms with E-state index >= 15 is 0 Å². The molecule has 1 fully saturated rings. The fraction of sp³-hybridized carbons (Fsp3) is 0.294. The molecule has 2 aromatic rings. The maximum Gasteiger partial charge on any atom is 0.256 e. The molecule has 1 amide bonds. The Balaban J connectivity index is 1.75. The lowest BCUT2D eigenvalue weighted by atomic mass is 10.1. The number of hydrogen-bond donors (Lipinski definition) is 1. The Morgan fingerprint density at radius 3 is 2.46 bits per heavy atom. The van der Waals surface area contributed by atoms with Gasteiger partial charge in [0.1, 0.15) is 11.6 Å². The van der Waals surface area contributed by atoms with Gasteiger partial charge < -0.3 is 9.80 Å². The average Bonchev–Trinajstić information content (AvgIpc) is 2.61. The van der Waals surface area contributed by atoms with Crippen LogP contribution >= 0.6 is 0 Å². The molecule has 2 heterocycles. The molecule has 0 aliphatic carbocycles. The van der Waals surface area contributed by atoms with E-state index in [1.807, 2.05) is 30.0 Å². The van der Waals surface area contributed by atoms with E-state index in [4.69, 9.17) is 5.14 Å². The normalized spacial score (nSPS) is 15.2. The molecular weight excluding hydrogens is 359 g/mol. The number of carbonyl (C=O) groups is 1. The van der Waals surface area contributed by atoms with Crippen LogP contribution in [0.15, 0.2) is 41.3 Å². The SMILES string of the molecule is Cc1cccc(N2CCN(C(=O)c3cc(S(N)(=O)=O)ccc3F)CC2)n1. The Morgan fingerprint density at radius 1 is 1.15 bits per heavy atom. The highest BCUT2D eigenvalue weighted by Gasteiger charge is 2.26. The van der Waals surface area contributed by atoms with Crippen LogP contribution in [0.3, 0.4) is 0 Å². The van der Waals surface area contributed by atoms with E-state index in [0.717, 1.165) is 29.7 Å². The van der Waals surface area contributed by atoms with Gasteiger partial charge in [0, 0.05) is 31.9 Å². The summed E-state index contributed by atoms with van der Waals surface area (Å²) in [7, 11) is -4.01. The molecule has 1 aliphatic rings. The maximum atomic E-state index is 14.0. The molecule has 1 aromatic carbocycles. The zero-order valence-corrected chi connectivity index (χ0v) is 15.0. The summed E-state index contributed by atoms with van der Waals surface area (Å²) in [6.45, 7) is 3.78. The third-order valence-electron chi connectivity index (χ3n) is 4.26. The first-order chi connectivity index (χ1) is 12.3. The van der Waals surface area contributed by atoms with Crippen LogP contribution in [0.5, 0.6) is 0 Å². The van der Waals surface area contributed by atoms with Crippen molar-refractivity contribution in [3.05, 3.63) is 53.5 Å². The Bertz CT molecular complexity index is 941. The number of rotatable bonds is 3. The molecule has 3 rings (SSSR count). The Labute approximate surface area is 151 Å². The standard InChI is InChI=1S/C17H19FN4O3S/c1-12-3-2-4-16(20-12)21-7-9-22(10-8-21)17(23)14-11-13(26(19,24)25)5-6-15(14)18/h2-6,11H,7-10H2,1H3,(H2,19,24,25). The first kappa shape index (κ1) is 18.3. The van der Waals surface area contributed by atoms with Crippen LogP contribution in [-0.4, -0.2) is 50.4 Å². The molecule has 0 saturated carbocycles. The summed E-state index contributed by atoms with van der Waals surface area (Å²) >= 11 is 0. The summed E-state index contributed by atoms with van der Waals surface area (Å²) in [5.74, 6) is -0.491. The molecule has 0 radical (unpaired) electrons. The smallest absolute Gasteiger partial charge is 0.256 e. The molecule has 0 spiro atoms. The number of nitrogens with two attached hydrogens (primary N) is 1. The van der Waals surface area contributed by atoms with Gasteiger partial charge in [-0.1, -0.05) is 6.07 Å². The van der Waals surface area contributed by atoms with E-state index < -0.39 is 21.7 Å². The van der Waals surface area contributed by atoms with Gasteiger partial charge in [0.15, 0.2) is 0 Å². The van der Waals surface area contributed by atoms with Crippen molar-refractivity contribution >= 4 is 21.7 Å². The average molecular weight is 378 g/mol. The van der Waals surface area contributed by atoms with E-state index in [1.165, 1.54) is 4.90 Å². The van der Waals surface area contributed by atoms with Gasteiger partial charge in [-0.2, -0.15) is 0 Å². The molecule has 7 nitrogen and oxygen atoms in total. The van der Waals surface area contributed by atoms with Crippen LogP contribution in [0.1, 0.15) is 16.1 Å². The third-order valence-corrected chi connectivity index (χ3v) is 5.17. The number of piperazine rings is 1. The summed E-state index contributed by atoms with van der Waals surface area (Å²) in [5, 5.41) is 5.06. The van der Waals surface area contributed by atoms with E-state index in [0.29, 0.717) is 26.2 Å². The van der Waals surface area contributed by atoms with Crippen LogP contribution in [0.4, 0.5) is 10.2 Å². The molecular formula is C17H19FN4O3S. The van der Waals surface area contributed by atoms with Crippen molar-refractivity contribution in [2.24, 2.45) is 5.14 Å². The summed E-state index contributed by atoms with van der Waals surface area (Å²) in [4.78, 5) is 20.3. The summed E-state index contributed by atoms with van der Waals surface area (Å²) < 4.78 is 36.9. The van der Waals surface area contributed by atoms with Crippen molar-refractivity contribution < 1.29 is 17.6 Å². The summed E-state index contributed by atoms with van der Waals surface area (Å²) in [6.07, 6.45) is 0. The number of halogens is 1. The molecule has 0 unspecified atom stereocenters. The molecule has 1 aliphatic heterocycles. The van der Waals surface area contributed by atoms with Crippen molar-refractivity contribution in [3.63, 3.8) is 0 Å². The van der Waals surface area contributed by atoms with Crippen LogP contribution in [0.2, 0.25) is 0 Å². The van der Waals surface area contributed by atoms with Gasteiger partial charge in [-0.15, -0.1) is 0 Å². The number of benzene rings is 1. The molecule has 0 atom stereocenters. The number of aryl methyl sites for hydroxylation is 1. The lowest BCUT2D eigenvalue weighted by Gasteiger charge is -2.35. The topological polar surface area (TPSA) is 96.6 Å². The molecule has 26 heavy (non-hydrogen) atoms. The Hall–Kier alpha value is -2.52. The first-order valence-corrected chi connectivity index (χ1v) is 9.60. The number of primary sulfonamides is 1. The predicted octanol–water partition coefficient (Wildman–Crippen LogP) is 1.14. The lowest BCUT2D eigenvalue weighted by molar-refractivity contribution is 0.0741. The first-order valence-electron chi connectivity index (χ1n) is 8.06. The number of carbonyl (C=O) groups excluding carboxylic acids is 1. The van der Waals surface area contributed by atoms with E-state index in [-0.39, 0.29) is 10.5 Å². The molecule has 1 aromatic heterocycles. The minimum Gasteiger partial charge on any atom is -0.353 e. The molecule has 9 heteroatoms. The van der Waals surface area contributed by atoms with Gasteiger partial charge in [-0.05, 0) is 37.3 Å². The lowest BCUT2D eigenvalue weighted by Crippen LogP contribution is -2.49. The molecule has 1 saturated heterocycles. The van der Waals surface area contributed by atoms with Gasteiger partial charge in [0.2, 0.25) is 10.0 Å². The minimum absolute atomic E-state index is 0.287. The zero-order valence-electron chi connectivity index (χ0n) is 14.2. The van der Waals surface area contributed by atoms with Gasteiger partial charge in [0.25, 0.3) is 5.91 Å². The highest BCUT2D eigenvalue weighted by molar-refractivity contribution is 7.89. The number of pyridine rings is 1. The number of nitrogens with zero attached hydrogens (tertiary/aromatic N) is 3. The number of hydrogen-bond acceptors (Lipinski definition) is 5. The highest BCUT2D eigenvalue weighted by Crippen LogP contribution is 2.19. The number of amides is 1. The van der Waals surface area contributed by atoms with Gasteiger partial charge in [0.05, 0.1) is 10.5 Å². The second-order valence-corrected chi connectivity index (χ2v) is 7.66. The van der Waals surface area contributed by atoms with Crippen molar-refractivity contribution in [2.75, 3.05) is 31.1 Å². The van der Waals surface area contributed by atoms with Crippen LogP contribution in [0.25, 0.3) is 0 Å².